The second-order valence-corrected chi connectivity index (χ2v) is 6.90. The van der Waals surface area contributed by atoms with Crippen molar-refractivity contribution in [3.63, 3.8) is 0 Å². The molecule has 1 N–H and O–H groups in total. The third-order valence-corrected chi connectivity index (χ3v) is 5.11. The molecule has 6 nitrogen and oxygen atoms in total. The van der Waals surface area contributed by atoms with Gasteiger partial charge in [-0.15, -0.1) is 0 Å². The minimum atomic E-state index is -0.818. The first kappa shape index (κ1) is 17.3. The number of fused-ring (bicyclic) bond motifs is 1. The van der Waals surface area contributed by atoms with E-state index in [9.17, 15) is 9.59 Å². The first-order valence-electron chi connectivity index (χ1n) is 9.02. The molecule has 2 aromatic heterocycles. The SMILES string of the molecule is Cc1ccccc1-c1cc(=O)oc2nc(N3CCC[C@@H]3CC(=O)O)ccc12. The number of rotatable bonds is 4. The summed E-state index contributed by atoms with van der Waals surface area (Å²) in [4.78, 5) is 29.8. The van der Waals surface area contributed by atoms with Crippen molar-refractivity contribution < 1.29 is 14.3 Å². The lowest BCUT2D eigenvalue weighted by Gasteiger charge is -2.24. The third kappa shape index (κ3) is 3.30. The van der Waals surface area contributed by atoms with Crippen molar-refractivity contribution in [3.05, 3.63) is 58.4 Å². The lowest BCUT2D eigenvalue weighted by molar-refractivity contribution is -0.137. The summed E-state index contributed by atoms with van der Waals surface area (Å²) in [6, 6.07) is 13.1. The molecule has 0 radical (unpaired) electrons. The highest BCUT2D eigenvalue weighted by Crippen LogP contribution is 2.32. The van der Waals surface area contributed by atoms with E-state index in [4.69, 9.17) is 9.52 Å². The standard InChI is InChI=1S/C21H20N2O4/c1-13-5-2-3-7-15(13)17-12-20(26)27-21-16(17)8-9-18(22-21)23-10-4-6-14(23)11-19(24)25/h2-3,5,7-9,12,14H,4,6,10-11H2,1H3,(H,24,25)/t14-/m1/s1. The van der Waals surface area contributed by atoms with Gasteiger partial charge in [0.15, 0.2) is 0 Å². The van der Waals surface area contributed by atoms with Crippen molar-refractivity contribution in [3.8, 4) is 11.1 Å². The molecule has 0 aliphatic carbocycles. The van der Waals surface area contributed by atoms with E-state index in [0.717, 1.165) is 41.5 Å². The van der Waals surface area contributed by atoms with Gasteiger partial charge >= 0.3 is 11.6 Å². The summed E-state index contributed by atoms with van der Waals surface area (Å²) in [6.07, 6.45) is 1.82. The second-order valence-electron chi connectivity index (χ2n) is 6.90. The number of nitrogens with zero attached hydrogens (tertiary/aromatic N) is 2. The fourth-order valence-electron chi connectivity index (χ4n) is 3.84. The van der Waals surface area contributed by atoms with Crippen molar-refractivity contribution in [1.29, 1.82) is 0 Å². The molecule has 1 atom stereocenters. The molecule has 27 heavy (non-hydrogen) atoms. The fraction of sp³-hybridized carbons (Fsp3) is 0.286. The molecular formula is C21H20N2O4. The van der Waals surface area contributed by atoms with E-state index < -0.39 is 11.6 Å². The molecule has 1 aliphatic rings. The highest BCUT2D eigenvalue weighted by molar-refractivity contribution is 5.93. The molecule has 1 fully saturated rings. The number of carboxylic acids is 1. The van der Waals surface area contributed by atoms with E-state index in [-0.39, 0.29) is 18.2 Å². The summed E-state index contributed by atoms with van der Waals surface area (Å²) in [7, 11) is 0. The Kier molecular flexibility index (Phi) is 4.39. The Morgan fingerprint density at radius 1 is 1.26 bits per heavy atom. The minimum absolute atomic E-state index is 0.0763. The Hall–Kier alpha value is -3.15. The first-order chi connectivity index (χ1) is 13.0. The van der Waals surface area contributed by atoms with Gasteiger partial charge in [0.25, 0.3) is 0 Å². The third-order valence-electron chi connectivity index (χ3n) is 5.11. The summed E-state index contributed by atoms with van der Waals surface area (Å²) in [5.74, 6) is -0.169. The van der Waals surface area contributed by atoms with Crippen LogP contribution in [0.3, 0.4) is 0 Å². The van der Waals surface area contributed by atoms with Crippen LogP contribution in [-0.2, 0) is 4.79 Å². The molecule has 6 heteroatoms. The number of aryl methyl sites for hydroxylation is 1. The average molecular weight is 364 g/mol. The summed E-state index contributed by atoms with van der Waals surface area (Å²) in [5, 5.41) is 9.89. The highest BCUT2D eigenvalue weighted by atomic mass is 16.4. The van der Waals surface area contributed by atoms with Gasteiger partial charge in [0.1, 0.15) is 5.82 Å². The van der Waals surface area contributed by atoms with Crippen molar-refractivity contribution in [2.75, 3.05) is 11.4 Å². The Morgan fingerprint density at radius 3 is 2.85 bits per heavy atom. The molecule has 1 aromatic carbocycles. The summed E-state index contributed by atoms with van der Waals surface area (Å²) < 4.78 is 5.37. The quantitative estimate of drug-likeness (QED) is 0.761. The zero-order chi connectivity index (χ0) is 19.0. The van der Waals surface area contributed by atoms with Crippen LogP contribution in [0.5, 0.6) is 0 Å². The number of carboxylic acid groups (broad SMARTS) is 1. The predicted molar refractivity (Wildman–Crippen MR) is 103 cm³/mol. The summed E-state index contributed by atoms with van der Waals surface area (Å²) >= 11 is 0. The number of aliphatic carboxylic acids is 1. The van der Waals surface area contributed by atoms with E-state index in [1.54, 1.807) is 0 Å². The lowest BCUT2D eigenvalue weighted by atomic mass is 9.99. The van der Waals surface area contributed by atoms with Gasteiger partial charge in [0.2, 0.25) is 5.71 Å². The predicted octanol–water partition coefficient (Wildman–Crippen LogP) is 3.61. The van der Waals surface area contributed by atoms with Crippen LogP contribution in [0.15, 0.2) is 51.7 Å². The fourth-order valence-corrected chi connectivity index (χ4v) is 3.84. The number of hydrogen-bond donors (Lipinski definition) is 1. The number of pyridine rings is 1. The Labute approximate surface area is 156 Å². The Morgan fingerprint density at radius 2 is 2.07 bits per heavy atom. The van der Waals surface area contributed by atoms with Crippen LogP contribution in [0.2, 0.25) is 0 Å². The van der Waals surface area contributed by atoms with Gasteiger partial charge in [-0.1, -0.05) is 24.3 Å². The Bertz CT molecular complexity index is 1070. The lowest BCUT2D eigenvalue weighted by Crippen LogP contribution is -2.31. The van der Waals surface area contributed by atoms with Crippen LogP contribution < -0.4 is 10.5 Å². The highest BCUT2D eigenvalue weighted by Gasteiger charge is 2.28. The normalized spacial score (nSPS) is 16.8. The van der Waals surface area contributed by atoms with Crippen LogP contribution in [0.25, 0.3) is 22.2 Å². The number of aromatic nitrogens is 1. The molecule has 0 unspecified atom stereocenters. The van der Waals surface area contributed by atoms with Gasteiger partial charge in [0.05, 0.1) is 6.42 Å². The van der Waals surface area contributed by atoms with Gasteiger partial charge in [0, 0.05) is 29.6 Å². The molecule has 3 heterocycles. The zero-order valence-corrected chi connectivity index (χ0v) is 15.0. The van der Waals surface area contributed by atoms with E-state index in [1.807, 2.05) is 48.2 Å². The summed E-state index contributed by atoms with van der Waals surface area (Å²) in [5.41, 5.74) is 2.65. The summed E-state index contributed by atoms with van der Waals surface area (Å²) in [6.45, 7) is 2.75. The molecule has 1 aliphatic heterocycles. The molecule has 4 rings (SSSR count). The number of carbonyl (C=O) groups is 1. The van der Waals surface area contributed by atoms with Crippen LogP contribution in [0, 0.1) is 6.92 Å². The van der Waals surface area contributed by atoms with E-state index in [2.05, 4.69) is 4.98 Å². The zero-order valence-electron chi connectivity index (χ0n) is 15.0. The number of anilines is 1. The van der Waals surface area contributed by atoms with Gasteiger partial charge in [-0.3, -0.25) is 4.79 Å². The second kappa shape index (κ2) is 6.87. The molecule has 0 saturated carbocycles. The van der Waals surface area contributed by atoms with E-state index >= 15 is 0 Å². The Balaban J connectivity index is 1.81. The maximum absolute atomic E-state index is 12.1. The van der Waals surface area contributed by atoms with Crippen molar-refractivity contribution in [2.45, 2.75) is 32.2 Å². The molecule has 1 saturated heterocycles. The number of hydrogen-bond acceptors (Lipinski definition) is 5. The van der Waals surface area contributed by atoms with Gasteiger partial charge < -0.3 is 14.4 Å². The molecule has 138 valence electrons. The average Bonchev–Trinajstić information content (AvgIpc) is 3.08. The van der Waals surface area contributed by atoms with Gasteiger partial charge in [-0.25, -0.2) is 4.79 Å². The van der Waals surface area contributed by atoms with Gasteiger partial charge in [-0.05, 0) is 43.0 Å². The molecule has 0 bridgehead atoms. The molecule has 3 aromatic rings. The van der Waals surface area contributed by atoms with Crippen LogP contribution in [-0.4, -0.2) is 28.6 Å². The minimum Gasteiger partial charge on any atom is -0.481 e. The van der Waals surface area contributed by atoms with Crippen molar-refractivity contribution in [2.24, 2.45) is 0 Å². The topological polar surface area (TPSA) is 83.6 Å². The van der Waals surface area contributed by atoms with Crippen LogP contribution in [0.4, 0.5) is 5.82 Å². The van der Waals surface area contributed by atoms with E-state index in [1.165, 1.54) is 6.07 Å². The smallest absolute Gasteiger partial charge is 0.338 e. The molecular weight excluding hydrogens is 344 g/mol. The van der Waals surface area contributed by atoms with Crippen LogP contribution >= 0.6 is 0 Å². The largest absolute Gasteiger partial charge is 0.481 e. The maximum Gasteiger partial charge on any atom is 0.338 e. The molecule has 0 spiro atoms. The van der Waals surface area contributed by atoms with Crippen molar-refractivity contribution >= 4 is 22.9 Å². The maximum atomic E-state index is 12.1. The van der Waals surface area contributed by atoms with Crippen LogP contribution in [0.1, 0.15) is 24.8 Å². The van der Waals surface area contributed by atoms with Crippen molar-refractivity contribution in [1.82, 2.24) is 4.98 Å². The molecule has 0 amide bonds. The van der Waals surface area contributed by atoms with E-state index in [0.29, 0.717) is 5.82 Å². The first-order valence-corrected chi connectivity index (χ1v) is 9.02. The monoisotopic (exact) mass is 364 g/mol. The van der Waals surface area contributed by atoms with Gasteiger partial charge in [-0.2, -0.15) is 4.98 Å². The number of benzene rings is 1.